The molecule has 0 aliphatic heterocycles. The van der Waals surface area contributed by atoms with E-state index in [0.717, 1.165) is 10.7 Å². The van der Waals surface area contributed by atoms with Gasteiger partial charge in [0.15, 0.2) is 5.03 Å². The number of rotatable bonds is 6. The first kappa shape index (κ1) is 14.9. The standard InChI is InChI=1S/C12H16N4O2S2/c1-3-13-10-5-4-6-14-12(10)20(17,18)15-7-11-16-9(2)8-19-11/h4-6,8,13,15H,3,7H2,1-2H3. The van der Waals surface area contributed by atoms with Gasteiger partial charge >= 0.3 is 0 Å². The van der Waals surface area contributed by atoms with Crippen molar-refractivity contribution in [1.29, 1.82) is 0 Å². The molecule has 0 amide bonds. The van der Waals surface area contributed by atoms with E-state index < -0.39 is 10.0 Å². The summed E-state index contributed by atoms with van der Waals surface area (Å²) in [6.45, 7) is 4.56. The van der Waals surface area contributed by atoms with Crippen LogP contribution >= 0.6 is 11.3 Å². The Morgan fingerprint density at radius 1 is 1.40 bits per heavy atom. The molecule has 0 saturated heterocycles. The maximum absolute atomic E-state index is 12.3. The molecule has 8 heteroatoms. The van der Waals surface area contributed by atoms with Crippen molar-refractivity contribution in [2.45, 2.75) is 25.4 Å². The highest BCUT2D eigenvalue weighted by Gasteiger charge is 2.20. The molecule has 0 saturated carbocycles. The lowest BCUT2D eigenvalue weighted by Gasteiger charge is -2.10. The Balaban J connectivity index is 2.18. The van der Waals surface area contributed by atoms with Gasteiger partial charge in [0.25, 0.3) is 10.0 Å². The van der Waals surface area contributed by atoms with Crippen LogP contribution in [0, 0.1) is 6.92 Å². The third-order valence-corrected chi connectivity index (χ3v) is 4.80. The van der Waals surface area contributed by atoms with Crippen molar-refractivity contribution in [3.63, 3.8) is 0 Å². The third kappa shape index (κ3) is 3.53. The van der Waals surface area contributed by atoms with Crippen LogP contribution in [-0.2, 0) is 16.6 Å². The minimum absolute atomic E-state index is 0.00938. The van der Waals surface area contributed by atoms with Crippen LogP contribution < -0.4 is 10.0 Å². The molecule has 108 valence electrons. The summed E-state index contributed by atoms with van der Waals surface area (Å²) in [4.78, 5) is 8.18. The number of nitrogens with one attached hydrogen (secondary N) is 2. The van der Waals surface area contributed by atoms with E-state index in [1.165, 1.54) is 17.5 Å². The number of aryl methyl sites for hydroxylation is 1. The van der Waals surface area contributed by atoms with E-state index in [-0.39, 0.29) is 11.6 Å². The van der Waals surface area contributed by atoms with Crippen molar-refractivity contribution in [3.05, 3.63) is 34.4 Å². The van der Waals surface area contributed by atoms with Crippen molar-refractivity contribution < 1.29 is 8.42 Å². The quantitative estimate of drug-likeness (QED) is 0.849. The van der Waals surface area contributed by atoms with Crippen LogP contribution in [-0.4, -0.2) is 24.9 Å². The van der Waals surface area contributed by atoms with Crippen molar-refractivity contribution in [2.24, 2.45) is 0 Å². The van der Waals surface area contributed by atoms with E-state index in [0.29, 0.717) is 12.2 Å². The maximum Gasteiger partial charge on any atom is 0.260 e. The number of aromatic nitrogens is 2. The molecule has 0 fully saturated rings. The minimum Gasteiger partial charge on any atom is -0.383 e. The first-order chi connectivity index (χ1) is 9.53. The molecule has 0 unspecified atom stereocenters. The average Bonchev–Trinajstić information content (AvgIpc) is 2.83. The summed E-state index contributed by atoms with van der Waals surface area (Å²) >= 11 is 1.43. The van der Waals surface area contributed by atoms with E-state index >= 15 is 0 Å². The fourth-order valence-electron chi connectivity index (χ4n) is 1.64. The van der Waals surface area contributed by atoms with Crippen LogP contribution in [0.5, 0.6) is 0 Å². The number of hydrogen-bond acceptors (Lipinski definition) is 6. The van der Waals surface area contributed by atoms with E-state index in [9.17, 15) is 8.42 Å². The lowest BCUT2D eigenvalue weighted by molar-refractivity contribution is 0.577. The lowest BCUT2D eigenvalue weighted by Crippen LogP contribution is -2.25. The molecule has 20 heavy (non-hydrogen) atoms. The summed E-state index contributed by atoms with van der Waals surface area (Å²) in [5, 5.41) is 5.61. The molecule has 0 aliphatic rings. The smallest absolute Gasteiger partial charge is 0.260 e. The topological polar surface area (TPSA) is 84.0 Å². The Hall–Kier alpha value is -1.51. The molecule has 2 rings (SSSR count). The van der Waals surface area contributed by atoms with Crippen LogP contribution in [0.1, 0.15) is 17.6 Å². The van der Waals surface area contributed by atoms with Gasteiger partial charge in [-0.25, -0.2) is 23.1 Å². The van der Waals surface area contributed by atoms with E-state index in [1.807, 2.05) is 19.2 Å². The largest absolute Gasteiger partial charge is 0.383 e. The Labute approximate surface area is 122 Å². The summed E-state index contributed by atoms with van der Waals surface area (Å²) < 4.78 is 27.1. The SMILES string of the molecule is CCNc1cccnc1S(=O)(=O)NCc1nc(C)cs1. The summed E-state index contributed by atoms with van der Waals surface area (Å²) in [6.07, 6.45) is 1.46. The first-order valence-corrected chi connectivity index (χ1v) is 8.49. The fourth-order valence-corrected chi connectivity index (χ4v) is 3.53. The average molecular weight is 312 g/mol. The summed E-state index contributed by atoms with van der Waals surface area (Å²) in [6, 6.07) is 3.39. The Morgan fingerprint density at radius 2 is 2.20 bits per heavy atom. The zero-order chi connectivity index (χ0) is 14.6. The van der Waals surface area contributed by atoms with E-state index in [4.69, 9.17) is 0 Å². The van der Waals surface area contributed by atoms with E-state index in [1.54, 1.807) is 12.1 Å². The number of hydrogen-bond donors (Lipinski definition) is 2. The lowest BCUT2D eigenvalue weighted by atomic mass is 10.4. The molecule has 0 spiro atoms. The summed E-state index contributed by atoms with van der Waals surface area (Å²) in [5.74, 6) is 0. The highest BCUT2D eigenvalue weighted by atomic mass is 32.2. The Bertz CT molecular complexity index is 682. The van der Waals surface area contributed by atoms with Gasteiger partial charge in [0, 0.05) is 23.8 Å². The number of nitrogens with zero attached hydrogens (tertiary/aromatic N) is 2. The van der Waals surface area contributed by atoms with Gasteiger partial charge in [-0.2, -0.15) is 0 Å². The molecule has 0 radical (unpaired) electrons. The first-order valence-electron chi connectivity index (χ1n) is 6.12. The molecule has 2 aromatic rings. The normalized spacial score (nSPS) is 11.5. The second-order valence-corrected chi connectivity index (χ2v) is 6.72. The van der Waals surface area contributed by atoms with Gasteiger partial charge in [0.1, 0.15) is 5.01 Å². The Morgan fingerprint density at radius 3 is 2.85 bits per heavy atom. The van der Waals surface area contributed by atoms with Crippen LogP contribution in [0.3, 0.4) is 0 Å². The van der Waals surface area contributed by atoms with Crippen molar-refractivity contribution in [2.75, 3.05) is 11.9 Å². The van der Waals surface area contributed by atoms with Gasteiger partial charge < -0.3 is 5.32 Å². The Kier molecular flexibility index (Phi) is 4.69. The molecular weight excluding hydrogens is 296 g/mol. The highest BCUT2D eigenvalue weighted by Crippen LogP contribution is 2.18. The predicted octanol–water partition coefficient (Wildman–Crippen LogP) is 1.76. The molecule has 2 aromatic heterocycles. The second-order valence-electron chi connectivity index (χ2n) is 4.09. The van der Waals surface area contributed by atoms with Crippen molar-refractivity contribution >= 4 is 27.0 Å². The third-order valence-electron chi connectivity index (χ3n) is 2.47. The predicted molar refractivity (Wildman–Crippen MR) is 79.3 cm³/mol. The monoisotopic (exact) mass is 312 g/mol. The van der Waals surface area contributed by atoms with Crippen LogP contribution in [0.4, 0.5) is 5.69 Å². The van der Waals surface area contributed by atoms with Gasteiger partial charge in [-0.05, 0) is 26.0 Å². The molecule has 2 heterocycles. The number of pyridine rings is 1. The molecule has 6 nitrogen and oxygen atoms in total. The number of anilines is 1. The molecule has 0 aliphatic carbocycles. The van der Waals surface area contributed by atoms with Crippen LogP contribution in [0.25, 0.3) is 0 Å². The molecular formula is C12H16N4O2S2. The second kappa shape index (κ2) is 6.29. The highest BCUT2D eigenvalue weighted by molar-refractivity contribution is 7.89. The summed E-state index contributed by atoms with van der Waals surface area (Å²) in [5.41, 5.74) is 1.38. The van der Waals surface area contributed by atoms with Crippen LogP contribution in [0.2, 0.25) is 0 Å². The van der Waals surface area contributed by atoms with Gasteiger partial charge in [-0.1, -0.05) is 0 Å². The maximum atomic E-state index is 12.3. The molecule has 2 N–H and O–H groups in total. The van der Waals surface area contributed by atoms with Gasteiger partial charge in [0.2, 0.25) is 0 Å². The molecule has 0 atom stereocenters. The number of sulfonamides is 1. The minimum atomic E-state index is -3.66. The van der Waals surface area contributed by atoms with Crippen molar-refractivity contribution in [1.82, 2.24) is 14.7 Å². The van der Waals surface area contributed by atoms with Crippen LogP contribution in [0.15, 0.2) is 28.7 Å². The number of thiazole rings is 1. The van der Waals surface area contributed by atoms with E-state index in [2.05, 4.69) is 20.0 Å². The zero-order valence-electron chi connectivity index (χ0n) is 11.3. The van der Waals surface area contributed by atoms with Gasteiger partial charge in [0.05, 0.1) is 12.2 Å². The zero-order valence-corrected chi connectivity index (χ0v) is 12.9. The fraction of sp³-hybridized carbons (Fsp3) is 0.333. The van der Waals surface area contributed by atoms with Gasteiger partial charge in [-0.15, -0.1) is 11.3 Å². The molecule has 0 bridgehead atoms. The molecule has 0 aromatic carbocycles. The van der Waals surface area contributed by atoms with Crippen molar-refractivity contribution in [3.8, 4) is 0 Å². The summed E-state index contributed by atoms with van der Waals surface area (Å²) in [7, 11) is -3.66. The van der Waals surface area contributed by atoms with Gasteiger partial charge in [-0.3, -0.25) is 0 Å².